The zero-order valence-electron chi connectivity index (χ0n) is 7.67. The van der Waals surface area contributed by atoms with Crippen molar-refractivity contribution < 1.29 is 0 Å². The predicted molar refractivity (Wildman–Crippen MR) is 51.3 cm³/mol. The summed E-state index contributed by atoms with van der Waals surface area (Å²) in [6.07, 6.45) is 3.59. The summed E-state index contributed by atoms with van der Waals surface area (Å²) in [5.41, 5.74) is 7.18. The molecule has 0 aliphatic heterocycles. The van der Waals surface area contributed by atoms with E-state index in [2.05, 4.69) is 15.3 Å². The molecule has 0 aliphatic rings. The van der Waals surface area contributed by atoms with Crippen molar-refractivity contribution >= 4 is 0 Å². The van der Waals surface area contributed by atoms with E-state index in [4.69, 9.17) is 5.73 Å². The highest BCUT2D eigenvalue weighted by Gasteiger charge is 1.99. The zero-order chi connectivity index (χ0) is 9.80. The van der Waals surface area contributed by atoms with E-state index < -0.39 is 0 Å². The van der Waals surface area contributed by atoms with Crippen LogP contribution in [0, 0.1) is 0 Å². The third-order valence-electron chi connectivity index (χ3n) is 1.85. The van der Waals surface area contributed by atoms with E-state index in [1.165, 1.54) is 0 Å². The standard InChI is InChI=1S/C9H11N5/c10-5-9-7-14(13-12-9)6-8-3-1-2-4-11-8/h1-4,7H,5-6,10H2. The van der Waals surface area contributed by atoms with E-state index in [0.29, 0.717) is 13.1 Å². The van der Waals surface area contributed by atoms with Crippen LogP contribution in [0.15, 0.2) is 30.6 Å². The molecule has 0 aromatic carbocycles. The van der Waals surface area contributed by atoms with Gasteiger partial charge in [0.25, 0.3) is 0 Å². The molecule has 2 N–H and O–H groups in total. The van der Waals surface area contributed by atoms with Crippen LogP contribution < -0.4 is 5.73 Å². The molecule has 0 saturated heterocycles. The predicted octanol–water partition coefficient (Wildman–Crippen LogP) is 0.180. The maximum atomic E-state index is 5.43. The van der Waals surface area contributed by atoms with Crippen LogP contribution in [-0.2, 0) is 13.1 Å². The second-order valence-electron chi connectivity index (χ2n) is 2.93. The first-order chi connectivity index (χ1) is 6.88. The first-order valence-electron chi connectivity index (χ1n) is 4.37. The van der Waals surface area contributed by atoms with Crippen molar-refractivity contribution in [2.45, 2.75) is 13.1 Å². The van der Waals surface area contributed by atoms with Gasteiger partial charge in [0.15, 0.2) is 0 Å². The number of aromatic nitrogens is 4. The summed E-state index contributed by atoms with van der Waals surface area (Å²) >= 11 is 0. The summed E-state index contributed by atoms with van der Waals surface area (Å²) in [5, 5.41) is 7.82. The molecule has 0 aliphatic carbocycles. The molecular weight excluding hydrogens is 178 g/mol. The van der Waals surface area contributed by atoms with Gasteiger partial charge in [-0.2, -0.15) is 0 Å². The smallest absolute Gasteiger partial charge is 0.0962 e. The topological polar surface area (TPSA) is 69.6 Å². The van der Waals surface area contributed by atoms with E-state index in [9.17, 15) is 0 Å². The van der Waals surface area contributed by atoms with Crippen molar-refractivity contribution in [3.05, 3.63) is 42.0 Å². The number of hydrogen-bond acceptors (Lipinski definition) is 4. The lowest BCUT2D eigenvalue weighted by atomic mass is 10.3. The van der Waals surface area contributed by atoms with Crippen molar-refractivity contribution in [1.82, 2.24) is 20.0 Å². The highest BCUT2D eigenvalue weighted by Crippen LogP contribution is 1.98. The van der Waals surface area contributed by atoms with E-state index in [1.807, 2.05) is 24.4 Å². The highest BCUT2D eigenvalue weighted by atomic mass is 15.4. The summed E-state index contributed by atoms with van der Waals surface area (Å²) in [7, 11) is 0. The zero-order valence-corrected chi connectivity index (χ0v) is 7.67. The number of pyridine rings is 1. The SMILES string of the molecule is NCc1cn(Cc2ccccn2)nn1. The highest BCUT2D eigenvalue weighted by molar-refractivity contribution is 5.04. The molecule has 0 radical (unpaired) electrons. The molecule has 2 rings (SSSR count). The van der Waals surface area contributed by atoms with E-state index >= 15 is 0 Å². The molecule has 0 fully saturated rings. The summed E-state index contributed by atoms with van der Waals surface area (Å²) in [6, 6.07) is 5.78. The van der Waals surface area contributed by atoms with Gasteiger partial charge in [0.1, 0.15) is 0 Å². The first-order valence-corrected chi connectivity index (χ1v) is 4.37. The van der Waals surface area contributed by atoms with Crippen LogP contribution in [0.2, 0.25) is 0 Å². The lowest BCUT2D eigenvalue weighted by Gasteiger charge is -1.97. The molecule has 72 valence electrons. The van der Waals surface area contributed by atoms with E-state index in [1.54, 1.807) is 10.9 Å². The van der Waals surface area contributed by atoms with E-state index in [0.717, 1.165) is 11.4 Å². The molecule has 0 unspecified atom stereocenters. The molecule has 0 bridgehead atoms. The van der Waals surface area contributed by atoms with Crippen LogP contribution in [0.5, 0.6) is 0 Å². The van der Waals surface area contributed by atoms with Crippen molar-refractivity contribution in [3.63, 3.8) is 0 Å². The van der Waals surface area contributed by atoms with Gasteiger partial charge in [0, 0.05) is 12.7 Å². The first kappa shape index (κ1) is 8.83. The number of nitrogens with two attached hydrogens (primary N) is 1. The molecule has 2 heterocycles. The van der Waals surface area contributed by atoms with Crippen LogP contribution in [0.4, 0.5) is 0 Å². The lowest BCUT2D eigenvalue weighted by Crippen LogP contribution is -2.02. The second kappa shape index (κ2) is 3.97. The number of rotatable bonds is 3. The number of nitrogens with zero attached hydrogens (tertiary/aromatic N) is 4. The van der Waals surface area contributed by atoms with Crippen molar-refractivity contribution in [1.29, 1.82) is 0 Å². The summed E-state index contributed by atoms with van der Waals surface area (Å²) in [5.74, 6) is 0. The average Bonchev–Trinajstić information content (AvgIpc) is 2.67. The van der Waals surface area contributed by atoms with Crippen molar-refractivity contribution in [2.75, 3.05) is 0 Å². The third-order valence-corrected chi connectivity index (χ3v) is 1.85. The molecule has 5 nitrogen and oxygen atoms in total. The molecular formula is C9H11N5. The Morgan fingerprint density at radius 1 is 1.29 bits per heavy atom. The fourth-order valence-corrected chi connectivity index (χ4v) is 1.17. The van der Waals surface area contributed by atoms with Crippen molar-refractivity contribution in [3.8, 4) is 0 Å². The fraction of sp³-hybridized carbons (Fsp3) is 0.222. The van der Waals surface area contributed by atoms with Gasteiger partial charge in [-0.3, -0.25) is 4.98 Å². The van der Waals surface area contributed by atoms with Crippen molar-refractivity contribution in [2.24, 2.45) is 5.73 Å². The molecule has 0 spiro atoms. The molecule has 14 heavy (non-hydrogen) atoms. The Morgan fingerprint density at radius 2 is 2.21 bits per heavy atom. The second-order valence-corrected chi connectivity index (χ2v) is 2.93. The van der Waals surface area contributed by atoms with Gasteiger partial charge in [0.05, 0.1) is 24.1 Å². The van der Waals surface area contributed by atoms with Crippen LogP contribution >= 0.6 is 0 Å². The van der Waals surface area contributed by atoms with Gasteiger partial charge < -0.3 is 5.73 Å². The Bertz CT molecular complexity index is 395. The molecule has 2 aromatic rings. The van der Waals surface area contributed by atoms with Gasteiger partial charge in [-0.25, -0.2) is 4.68 Å². The van der Waals surface area contributed by atoms with Crippen LogP contribution in [-0.4, -0.2) is 20.0 Å². The van der Waals surface area contributed by atoms with Gasteiger partial charge in [-0.15, -0.1) is 5.10 Å². The fourth-order valence-electron chi connectivity index (χ4n) is 1.17. The van der Waals surface area contributed by atoms with Crippen LogP contribution in [0.3, 0.4) is 0 Å². The normalized spacial score (nSPS) is 10.4. The van der Waals surface area contributed by atoms with Crippen LogP contribution in [0.1, 0.15) is 11.4 Å². The Hall–Kier alpha value is -1.75. The summed E-state index contributed by atoms with van der Waals surface area (Å²) < 4.78 is 1.73. The lowest BCUT2D eigenvalue weighted by molar-refractivity contribution is 0.638. The molecule has 5 heteroatoms. The molecule has 0 atom stereocenters. The minimum absolute atomic E-state index is 0.419. The Balaban J connectivity index is 2.11. The molecule has 0 saturated carbocycles. The van der Waals surface area contributed by atoms with E-state index in [-0.39, 0.29) is 0 Å². The van der Waals surface area contributed by atoms with Gasteiger partial charge in [0.2, 0.25) is 0 Å². The summed E-state index contributed by atoms with van der Waals surface area (Å²) in [6.45, 7) is 1.05. The average molecular weight is 189 g/mol. The molecule has 0 amide bonds. The van der Waals surface area contributed by atoms with Gasteiger partial charge in [-0.1, -0.05) is 11.3 Å². The maximum absolute atomic E-state index is 5.43. The minimum Gasteiger partial charge on any atom is -0.325 e. The van der Waals surface area contributed by atoms with Crippen LogP contribution in [0.25, 0.3) is 0 Å². The summed E-state index contributed by atoms with van der Waals surface area (Å²) in [4.78, 5) is 4.19. The monoisotopic (exact) mass is 189 g/mol. The van der Waals surface area contributed by atoms with Gasteiger partial charge >= 0.3 is 0 Å². The minimum atomic E-state index is 0.419. The maximum Gasteiger partial charge on any atom is 0.0962 e. The third kappa shape index (κ3) is 1.94. The number of hydrogen-bond donors (Lipinski definition) is 1. The quantitative estimate of drug-likeness (QED) is 0.747. The Kier molecular flexibility index (Phi) is 2.51. The molecule has 2 aromatic heterocycles. The Labute approximate surface area is 81.6 Å². The largest absolute Gasteiger partial charge is 0.325 e. The van der Waals surface area contributed by atoms with Gasteiger partial charge in [-0.05, 0) is 12.1 Å². The Morgan fingerprint density at radius 3 is 2.86 bits per heavy atom.